The average molecular weight is 404 g/mol. The van der Waals surface area contributed by atoms with Crippen LogP contribution in [-0.4, -0.2) is 81.0 Å². The second-order valence-corrected chi connectivity index (χ2v) is 7.31. The summed E-state index contributed by atoms with van der Waals surface area (Å²) >= 11 is 0. The van der Waals surface area contributed by atoms with E-state index in [0.29, 0.717) is 43.4 Å². The predicted octanol–water partition coefficient (Wildman–Crippen LogP) is 0.313. The lowest BCUT2D eigenvalue weighted by atomic mass is 10.1. The maximum absolute atomic E-state index is 12.6. The van der Waals surface area contributed by atoms with Crippen LogP contribution in [0.1, 0.15) is 12.8 Å². The smallest absolute Gasteiger partial charge is 0.238 e. The van der Waals surface area contributed by atoms with Crippen LogP contribution in [0.4, 0.5) is 5.69 Å². The molecule has 2 N–H and O–H groups in total. The highest BCUT2D eigenvalue weighted by molar-refractivity contribution is 5.92. The van der Waals surface area contributed by atoms with Crippen molar-refractivity contribution in [2.75, 3.05) is 58.8 Å². The molecule has 2 heterocycles. The van der Waals surface area contributed by atoms with Crippen molar-refractivity contribution in [1.29, 1.82) is 0 Å². The third kappa shape index (κ3) is 5.60. The first-order valence-corrected chi connectivity index (χ1v) is 9.79. The highest BCUT2D eigenvalue weighted by atomic mass is 16.5. The Morgan fingerprint density at radius 2 is 1.83 bits per heavy atom. The Balaban J connectivity index is 1.51. The minimum Gasteiger partial charge on any atom is -0.497 e. The van der Waals surface area contributed by atoms with Crippen LogP contribution in [0.25, 0.3) is 0 Å². The Morgan fingerprint density at radius 3 is 2.45 bits per heavy atom. The summed E-state index contributed by atoms with van der Waals surface area (Å²) in [6, 6.07) is 5.21. The first-order chi connectivity index (χ1) is 14.0. The average Bonchev–Trinajstić information content (AvgIpc) is 3.01. The van der Waals surface area contributed by atoms with Gasteiger partial charge in [0.1, 0.15) is 11.5 Å². The van der Waals surface area contributed by atoms with Gasteiger partial charge in [-0.1, -0.05) is 0 Å². The summed E-state index contributed by atoms with van der Waals surface area (Å²) < 4.78 is 10.4. The molecule has 3 rings (SSSR count). The zero-order chi connectivity index (χ0) is 20.8. The quantitative estimate of drug-likeness (QED) is 0.708. The number of nitrogens with one attached hydrogen (secondary N) is 2. The van der Waals surface area contributed by atoms with Crippen LogP contribution in [0.3, 0.4) is 0 Å². The van der Waals surface area contributed by atoms with Gasteiger partial charge in [0, 0.05) is 63.0 Å². The van der Waals surface area contributed by atoms with Gasteiger partial charge in [-0.2, -0.15) is 0 Å². The third-order valence-electron chi connectivity index (χ3n) is 5.23. The molecule has 1 atom stereocenters. The van der Waals surface area contributed by atoms with Gasteiger partial charge in [-0.25, -0.2) is 0 Å². The summed E-state index contributed by atoms with van der Waals surface area (Å²) in [7, 11) is 3.12. The maximum Gasteiger partial charge on any atom is 0.238 e. The summed E-state index contributed by atoms with van der Waals surface area (Å²) in [5.41, 5.74) is 0.608. The monoisotopic (exact) mass is 404 g/mol. The van der Waals surface area contributed by atoms with Gasteiger partial charge in [0.25, 0.3) is 0 Å². The van der Waals surface area contributed by atoms with E-state index >= 15 is 0 Å². The van der Waals surface area contributed by atoms with E-state index in [1.54, 1.807) is 32.4 Å². The summed E-state index contributed by atoms with van der Waals surface area (Å²) in [6.07, 6.45) is 1.06. The van der Waals surface area contributed by atoms with Crippen molar-refractivity contribution in [2.24, 2.45) is 5.92 Å². The number of hydrogen-bond donors (Lipinski definition) is 2. The minimum atomic E-state index is -0.264. The van der Waals surface area contributed by atoms with Crippen LogP contribution in [-0.2, 0) is 14.4 Å². The number of amides is 3. The molecule has 1 aromatic carbocycles. The fourth-order valence-corrected chi connectivity index (χ4v) is 3.67. The van der Waals surface area contributed by atoms with Gasteiger partial charge in [0.05, 0.1) is 26.7 Å². The van der Waals surface area contributed by atoms with E-state index in [1.165, 1.54) is 0 Å². The molecule has 2 fully saturated rings. The Labute approximate surface area is 170 Å². The number of rotatable bonds is 6. The highest BCUT2D eigenvalue weighted by Crippen LogP contribution is 2.25. The molecular weight excluding hydrogens is 376 g/mol. The van der Waals surface area contributed by atoms with Crippen LogP contribution in [0.2, 0.25) is 0 Å². The lowest BCUT2D eigenvalue weighted by Crippen LogP contribution is -2.40. The first kappa shape index (κ1) is 20.9. The van der Waals surface area contributed by atoms with Crippen molar-refractivity contribution in [2.45, 2.75) is 12.8 Å². The summed E-state index contributed by atoms with van der Waals surface area (Å²) in [5.74, 6) is 0.766. The summed E-state index contributed by atoms with van der Waals surface area (Å²) in [4.78, 5) is 40.3. The van der Waals surface area contributed by atoms with Crippen LogP contribution >= 0.6 is 0 Å². The van der Waals surface area contributed by atoms with Gasteiger partial charge < -0.3 is 25.0 Å². The molecule has 0 bridgehead atoms. The number of anilines is 1. The maximum atomic E-state index is 12.6. The molecule has 1 unspecified atom stereocenters. The van der Waals surface area contributed by atoms with E-state index in [0.717, 1.165) is 13.0 Å². The highest BCUT2D eigenvalue weighted by Gasteiger charge is 2.32. The number of benzene rings is 1. The molecule has 9 nitrogen and oxygen atoms in total. The van der Waals surface area contributed by atoms with E-state index < -0.39 is 0 Å². The topological polar surface area (TPSA) is 100 Å². The first-order valence-electron chi connectivity index (χ1n) is 9.79. The number of carbonyl (C=O) groups excluding carboxylic acids is 3. The molecule has 0 radical (unpaired) electrons. The van der Waals surface area contributed by atoms with Crippen LogP contribution in [0.5, 0.6) is 11.5 Å². The molecule has 29 heavy (non-hydrogen) atoms. The number of hydrogen-bond acceptors (Lipinski definition) is 6. The standard InChI is InChI=1S/C20H28N4O5/c1-28-16-9-15(10-17(11-16)29-2)22-19(26)13-23-4-3-5-24(7-6-23)20(27)14-8-18(25)21-12-14/h9-11,14H,3-8,12-13H2,1-2H3,(H,21,25)(H,22,26). The molecule has 9 heteroatoms. The molecule has 1 aromatic rings. The van der Waals surface area contributed by atoms with Crippen LogP contribution < -0.4 is 20.1 Å². The minimum absolute atomic E-state index is 0.0260. The molecule has 0 aliphatic carbocycles. The second-order valence-electron chi connectivity index (χ2n) is 7.31. The van der Waals surface area contributed by atoms with E-state index in [-0.39, 0.29) is 36.6 Å². The Bertz CT molecular complexity index is 747. The van der Waals surface area contributed by atoms with Crippen molar-refractivity contribution in [1.82, 2.24) is 15.1 Å². The molecule has 0 saturated carbocycles. The molecule has 2 aliphatic heterocycles. The van der Waals surface area contributed by atoms with Crippen molar-refractivity contribution in [3.63, 3.8) is 0 Å². The van der Waals surface area contributed by atoms with Gasteiger partial charge in [-0.15, -0.1) is 0 Å². The second kappa shape index (κ2) is 9.60. The Kier molecular flexibility index (Phi) is 6.92. The zero-order valence-corrected chi connectivity index (χ0v) is 16.9. The molecule has 2 saturated heterocycles. The Morgan fingerprint density at radius 1 is 1.10 bits per heavy atom. The van der Waals surface area contributed by atoms with Gasteiger partial charge >= 0.3 is 0 Å². The summed E-state index contributed by atoms with van der Waals surface area (Å²) in [5, 5.41) is 5.59. The summed E-state index contributed by atoms with van der Waals surface area (Å²) in [6.45, 7) is 3.23. The van der Waals surface area contributed by atoms with Crippen molar-refractivity contribution < 1.29 is 23.9 Å². The SMILES string of the molecule is COc1cc(NC(=O)CN2CCCN(C(=O)C3CNC(=O)C3)CC2)cc(OC)c1. The number of ether oxygens (including phenoxy) is 2. The number of carbonyl (C=O) groups is 3. The molecule has 2 aliphatic rings. The van der Waals surface area contributed by atoms with Crippen molar-refractivity contribution in [3.8, 4) is 11.5 Å². The van der Waals surface area contributed by atoms with Gasteiger partial charge in [-0.05, 0) is 6.42 Å². The zero-order valence-electron chi connectivity index (χ0n) is 16.9. The third-order valence-corrected chi connectivity index (χ3v) is 5.23. The lowest BCUT2D eigenvalue weighted by molar-refractivity contribution is -0.135. The van der Waals surface area contributed by atoms with E-state index in [1.807, 2.05) is 9.80 Å². The molecular formula is C20H28N4O5. The Hall–Kier alpha value is -2.81. The van der Waals surface area contributed by atoms with Crippen LogP contribution in [0.15, 0.2) is 18.2 Å². The van der Waals surface area contributed by atoms with E-state index in [4.69, 9.17) is 9.47 Å². The fourth-order valence-electron chi connectivity index (χ4n) is 3.67. The van der Waals surface area contributed by atoms with Gasteiger partial charge in [0.2, 0.25) is 17.7 Å². The van der Waals surface area contributed by atoms with Crippen molar-refractivity contribution in [3.05, 3.63) is 18.2 Å². The van der Waals surface area contributed by atoms with Crippen molar-refractivity contribution >= 4 is 23.4 Å². The lowest BCUT2D eigenvalue weighted by Gasteiger charge is -2.23. The normalized spacial score (nSPS) is 20.0. The van der Waals surface area contributed by atoms with Gasteiger partial charge in [0.15, 0.2) is 0 Å². The van der Waals surface area contributed by atoms with Gasteiger partial charge in [-0.3, -0.25) is 19.3 Å². The largest absolute Gasteiger partial charge is 0.497 e. The predicted molar refractivity (Wildman–Crippen MR) is 107 cm³/mol. The number of nitrogens with zero attached hydrogens (tertiary/aromatic N) is 2. The molecule has 158 valence electrons. The molecule has 3 amide bonds. The van der Waals surface area contributed by atoms with E-state index in [2.05, 4.69) is 10.6 Å². The van der Waals surface area contributed by atoms with E-state index in [9.17, 15) is 14.4 Å². The molecule has 0 aromatic heterocycles. The molecule has 0 spiro atoms. The van der Waals surface area contributed by atoms with Crippen LogP contribution in [0, 0.1) is 5.92 Å². The number of methoxy groups -OCH3 is 2. The fraction of sp³-hybridized carbons (Fsp3) is 0.550.